The third-order valence-electron chi connectivity index (χ3n) is 1.80. The molecule has 0 radical (unpaired) electrons. The van der Waals surface area contributed by atoms with Crippen molar-refractivity contribution in [2.45, 2.75) is 19.6 Å². The maximum atomic E-state index is 11.0. The average molecular weight is 144 g/mol. The molecule has 0 unspecified atom stereocenters. The van der Waals surface area contributed by atoms with Crippen LogP contribution in [-0.2, 0) is 14.3 Å². The first-order valence-electron chi connectivity index (χ1n) is 3.46. The van der Waals surface area contributed by atoms with Crippen molar-refractivity contribution in [3.63, 3.8) is 0 Å². The van der Waals surface area contributed by atoms with Crippen molar-refractivity contribution < 1.29 is 14.3 Å². The fourth-order valence-electron chi connectivity index (χ4n) is 1.19. The highest BCUT2D eigenvalue weighted by Gasteiger charge is 2.34. The summed E-state index contributed by atoms with van der Waals surface area (Å²) in [6.45, 7) is 2.18. The fraction of sp³-hybridized carbons (Fsp3) is 0.857. The second-order valence-electron chi connectivity index (χ2n) is 2.40. The van der Waals surface area contributed by atoms with Crippen LogP contribution in [0.25, 0.3) is 0 Å². The zero-order valence-electron chi connectivity index (χ0n) is 6.29. The molecule has 0 amide bonds. The van der Waals surface area contributed by atoms with Gasteiger partial charge in [0.1, 0.15) is 6.61 Å². The van der Waals surface area contributed by atoms with Crippen LogP contribution in [0.15, 0.2) is 0 Å². The number of ketones is 1. The largest absolute Gasteiger partial charge is 0.355 e. The fourth-order valence-corrected chi connectivity index (χ4v) is 1.19. The lowest BCUT2D eigenvalue weighted by Gasteiger charge is -2.12. The molecule has 58 valence electrons. The smallest absolute Gasteiger partial charge is 0.167 e. The molecule has 0 N–H and O–H groups in total. The first-order chi connectivity index (χ1) is 4.79. The molecule has 1 heterocycles. The van der Waals surface area contributed by atoms with E-state index < -0.39 is 0 Å². The van der Waals surface area contributed by atoms with Crippen molar-refractivity contribution in [1.29, 1.82) is 0 Å². The number of rotatable bonds is 2. The van der Waals surface area contributed by atoms with Crippen molar-refractivity contribution >= 4 is 5.78 Å². The molecule has 2 atom stereocenters. The predicted molar refractivity (Wildman–Crippen MR) is 35.5 cm³/mol. The summed E-state index contributed by atoms with van der Waals surface area (Å²) in [4.78, 5) is 11.0. The van der Waals surface area contributed by atoms with Crippen LogP contribution in [0.4, 0.5) is 0 Å². The SMILES string of the molecule is CC[C@H]1C(=O)CO[C@H]1OC. The number of hydrogen-bond acceptors (Lipinski definition) is 3. The summed E-state index contributed by atoms with van der Waals surface area (Å²) in [7, 11) is 1.56. The number of carbonyl (C=O) groups is 1. The minimum atomic E-state index is -0.294. The lowest BCUT2D eigenvalue weighted by atomic mass is 10.0. The van der Waals surface area contributed by atoms with Crippen molar-refractivity contribution in [2.24, 2.45) is 5.92 Å². The van der Waals surface area contributed by atoms with Gasteiger partial charge in [0.2, 0.25) is 0 Å². The Labute approximate surface area is 60.3 Å². The molecule has 1 aliphatic rings. The van der Waals surface area contributed by atoms with Crippen LogP contribution in [0, 0.1) is 5.92 Å². The third-order valence-corrected chi connectivity index (χ3v) is 1.80. The van der Waals surface area contributed by atoms with Gasteiger partial charge in [-0.1, -0.05) is 6.92 Å². The van der Waals surface area contributed by atoms with Gasteiger partial charge in [0, 0.05) is 7.11 Å². The number of methoxy groups -OCH3 is 1. The molecule has 1 aliphatic heterocycles. The Balaban J connectivity index is 2.54. The molecule has 0 aromatic rings. The minimum absolute atomic E-state index is 0.0370. The van der Waals surface area contributed by atoms with Crippen molar-refractivity contribution in [1.82, 2.24) is 0 Å². The molecule has 1 fully saturated rings. The van der Waals surface area contributed by atoms with E-state index >= 15 is 0 Å². The molecule has 0 spiro atoms. The van der Waals surface area contributed by atoms with Crippen molar-refractivity contribution in [3.8, 4) is 0 Å². The van der Waals surface area contributed by atoms with E-state index in [-0.39, 0.29) is 24.6 Å². The topological polar surface area (TPSA) is 35.5 Å². The molecule has 3 heteroatoms. The number of hydrogen-bond donors (Lipinski definition) is 0. The summed E-state index contributed by atoms with van der Waals surface area (Å²) in [6.07, 6.45) is 0.509. The van der Waals surface area contributed by atoms with Crippen LogP contribution in [0.2, 0.25) is 0 Å². The van der Waals surface area contributed by atoms with Crippen LogP contribution in [0.3, 0.4) is 0 Å². The summed E-state index contributed by atoms with van der Waals surface area (Å²) in [6, 6.07) is 0. The summed E-state index contributed by atoms with van der Waals surface area (Å²) < 4.78 is 9.99. The maximum absolute atomic E-state index is 11.0. The molecule has 0 aromatic heterocycles. The number of Topliss-reactive ketones (excluding diaryl/α,β-unsaturated/α-hetero) is 1. The Hall–Kier alpha value is -0.410. The van der Waals surface area contributed by atoms with Gasteiger partial charge in [0.15, 0.2) is 12.1 Å². The maximum Gasteiger partial charge on any atom is 0.167 e. The van der Waals surface area contributed by atoms with Crippen LogP contribution in [0.5, 0.6) is 0 Å². The van der Waals surface area contributed by atoms with Gasteiger partial charge in [-0.2, -0.15) is 0 Å². The van der Waals surface area contributed by atoms with E-state index in [0.29, 0.717) is 0 Å². The van der Waals surface area contributed by atoms with E-state index in [2.05, 4.69) is 0 Å². The molecule has 10 heavy (non-hydrogen) atoms. The van der Waals surface area contributed by atoms with Gasteiger partial charge in [-0.25, -0.2) is 0 Å². The Bertz CT molecular complexity index is 133. The quantitative estimate of drug-likeness (QED) is 0.568. The van der Waals surface area contributed by atoms with E-state index in [1.54, 1.807) is 7.11 Å². The van der Waals surface area contributed by atoms with Crippen LogP contribution < -0.4 is 0 Å². The molecule has 0 saturated carbocycles. The lowest BCUT2D eigenvalue weighted by Crippen LogP contribution is -2.21. The Morgan fingerprint density at radius 2 is 2.50 bits per heavy atom. The van der Waals surface area contributed by atoms with E-state index in [0.717, 1.165) is 6.42 Å². The molecule has 3 nitrogen and oxygen atoms in total. The first kappa shape index (κ1) is 7.69. The molecule has 0 bridgehead atoms. The third kappa shape index (κ3) is 1.20. The molecule has 0 aliphatic carbocycles. The van der Waals surface area contributed by atoms with Crippen LogP contribution >= 0.6 is 0 Å². The normalized spacial score (nSPS) is 33.2. The highest BCUT2D eigenvalue weighted by Crippen LogP contribution is 2.20. The van der Waals surface area contributed by atoms with Crippen molar-refractivity contribution in [3.05, 3.63) is 0 Å². The monoisotopic (exact) mass is 144 g/mol. The first-order valence-corrected chi connectivity index (χ1v) is 3.46. The molecule has 1 saturated heterocycles. The number of carbonyl (C=O) groups excluding carboxylic acids is 1. The van der Waals surface area contributed by atoms with Gasteiger partial charge in [-0.15, -0.1) is 0 Å². The van der Waals surface area contributed by atoms with E-state index in [1.165, 1.54) is 0 Å². The Kier molecular flexibility index (Phi) is 2.40. The highest BCUT2D eigenvalue weighted by molar-refractivity contribution is 5.84. The standard InChI is InChI=1S/C7H12O3/c1-3-5-6(8)4-10-7(5)9-2/h5,7H,3-4H2,1-2H3/t5-,7+/m0/s1. The predicted octanol–water partition coefficient (Wildman–Crippen LogP) is 0.584. The average Bonchev–Trinajstić information content (AvgIpc) is 2.30. The van der Waals surface area contributed by atoms with Gasteiger partial charge < -0.3 is 9.47 Å². The highest BCUT2D eigenvalue weighted by atomic mass is 16.7. The van der Waals surface area contributed by atoms with E-state index in [9.17, 15) is 4.79 Å². The lowest BCUT2D eigenvalue weighted by molar-refractivity contribution is -0.122. The molecular formula is C7H12O3. The number of ether oxygens (including phenoxy) is 2. The minimum Gasteiger partial charge on any atom is -0.355 e. The van der Waals surface area contributed by atoms with Crippen LogP contribution in [-0.4, -0.2) is 25.8 Å². The van der Waals surface area contributed by atoms with Gasteiger partial charge >= 0.3 is 0 Å². The van der Waals surface area contributed by atoms with Crippen molar-refractivity contribution in [2.75, 3.05) is 13.7 Å². The van der Waals surface area contributed by atoms with Gasteiger partial charge in [-0.3, -0.25) is 4.79 Å². The zero-order valence-corrected chi connectivity index (χ0v) is 6.29. The second kappa shape index (κ2) is 3.12. The summed E-state index contributed by atoms with van der Waals surface area (Å²) in [5.41, 5.74) is 0. The Morgan fingerprint density at radius 1 is 1.80 bits per heavy atom. The summed E-state index contributed by atoms with van der Waals surface area (Å²) >= 11 is 0. The van der Waals surface area contributed by atoms with Crippen LogP contribution in [0.1, 0.15) is 13.3 Å². The molecular weight excluding hydrogens is 132 g/mol. The van der Waals surface area contributed by atoms with Gasteiger partial charge in [-0.05, 0) is 6.42 Å². The summed E-state index contributed by atoms with van der Waals surface area (Å²) in [5, 5.41) is 0. The van der Waals surface area contributed by atoms with E-state index in [1.807, 2.05) is 6.92 Å². The van der Waals surface area contributed by atoms with Gasteiger partial charge in [0.25, 0.3) is 0 Å². The molecule has 0 aromatic carbocycles. The molecule has 1 rings (SSSR count). The summed E-state index contributed by atoms with van der Waals surface area (Å²) in [5.74, 6) is 0.124. The second-order valence-corrected chi connectivity index (χ2v) is 2.40. The zero-order chi connectivity index (χ0) is 7.56. The van der Waals surface area contributed by atoms with E-state index in [4.69, 9.17) is 9.47 Å². The Morgan fingerprint density at radius 3 is 2.90 bits per heavy atom. The van der Waals surface area contributed by atoms with Gasteiger partial charge in [0.05, 0.1) is 5.92 Å².